The van der Waals surface area contributed by atoms with Crippen LogP contribution in [0.25, 0.3) is 0 Å². The average Bonchev–Trinajstić information content (AvgIpc) is 3.31. The second-order valence-electron chi connectivity index (χ2n) is 8.14. The van der Waals surface area contributed by atoms with Gasteiger partial charge in [-0.05, 0) is 25.0 Å². The van der Waals surface area contributed by atoms with Crippen LogP contribution in [0, 0.1) is 5.41 Å². The highest BCUT2D eigenvalue weighted by molar-refractivity contribution is 7.99. The monoisotopic (exact) mass is 458 g/mol. The number of rotatable bonds is 3. The van der Waals surface area contributed by atoms with E-state index in [1.807, 2.05) is 16.9 Å². The van der Waals surface area contributed by atoms with Gasteiger partial charge in [0.25, 0.3) is 5.56 Å². The second-order valence-corrected chi connectivity index (χ2v) is 9.60. The molecule has 1 saturated heterocycles. The number of hydrogen-bond acceptors (Lipinski definition) is 8. The maximum absolute atomic E-state index is 13.0. The number of halogens is 1. The molecule has 0 bridgehead atoms. The molecular weight excluding hydrogens is 436 g/mol. The van der Waals surface area contributed by atoms with Crippen LogP contribution in [0.2, 0.25) is 5.02 Å². The third-order valence-electron chi connectivity index (χ3n) is 6.45. The smallest absolute Gasteiger partial charge is 0.268 e. The van der Waals surface area contributed by atoms with Crippen molar-refractivity contribution >= 4 is 35.1 Å². The first-order chi connectivity index (χ1) is 14.9. The average molecular weight is 459 g/mol. The van der Waals surface area contributed by atoms with Crippen LogP contribution in [0.1, 0.15) is 24.6 Å². The van der Waals surface area contributed by atoms with Crippen molar-refractivity contribution in [3.05, 3.63) is 51.8 Å². The summed E-state index contributed by atoms with van der Waals surface area (Å²) in [7, 11) is 1.75. The fourth-order valence-corrected chi connectivity index (χ4v) is 5.70. The Bertz CT molecular complexity index is 1200. The summed E-state index contributed by atoms with van der Waals surface area (Å²) in [6.07, 6.45) is 6.84. The van der Waals surface area contributed by atoms with E-state index in [0.717, 1.165) is 38.2 Å². The zero-order chi connectivity index (χ0) is 21.8. The highest BCUT2D eigenvalue weighted by Crippen LogP contribution is 2.47. The molecule has 0 radical (unpaired) electrons. The quantitative estimate of drug-likeness (QED) is 0.611. The van der Waals surface area contributed by atoms with E-state index in [9.17, 15) is 4.79 Å². The molecule has 1 fully saturated rings. The Morgan fingerprint density at radius 1 is 1.19 bits per heavy atom. The van der Waals surface area contributed by atoms with Crippen LogP contribution in [-0.2, 0) is 13.6 Å². The van der Waals surface area contributed by atoms with Crippen molar-refractivity contribution in [1.82, 2.24) is 24.3 Å². The van der Waals surface area contributed by atoms with Crippen molar-refractivity contribution in [2.75, 3.05) is 23.7 Å². The lowest BCUT2D eigenvalue weighted by Gasteiger charge is -2.41. The van der Waals surface area contributed by atoms with E-state index < -0.39 is 0 Å². The molecule has 0 amide bonds. The van der Waals surface area contributed by atoms with Gasteiger partial charge >= 0.3 is 0 Å². The minimum absolute atomic E-state index is 0.00903. The van der Waals surface area contributed by atoms with E-state index in [-0.39, 0.29) is 22.8 Å². The van der Waals surface area contributed by atoms with Gasteiger partial charge in [-0.15, -0.1) is 0 Å². The van der Waals surface area contributed by atoms with Gasteiger partial charge in [-0.3, -0.25) is 14.0 Å². The number of hydrogen-bond donors (Lipinski definition) is 2. The van der Waals surface area contributed by atoms with E-state index in [2.05, 4.69) is 20.0 Å². The number of nitrogens with zero attached hydrogens (tertiary/aromatic N) is 6. The fourth-order valence-electron chi connectivity index (χ4n) is 4.59. The van der Waals surface area contributed by atoms with E-state index in [4.69, 9.17) is 23.1 Å². The first-order valence-electron chi connectivity index (χ1n) is 10.1. The van der Waals surface area contributed by atoms with Gasteiger partial charge in [0, 0.05) is 49.4 Å². The van der Waals surface area contributed by atoms with E-state index >= 15 is 0 Å². The minimum atomic E-state index is -0.126. The Morgan fingerprint density at radius 3 is 2.71 bits per heavy atom. The number of anilines is 2. The summed E-state index contributed by atoms with van der Waals surface area (Å²) in [5, 5.41) is 4.74. The lowest BCUT2D eigenvalue weighted by atomic mass is 9.74. The van der Waals surface area contributed by atoms with Crippen LogP contribution in [0.5, 0.6) is 0 Å². The Kier molecular flexibility index (Phi) is 4.95. The summed E-state index contributed by atoms with van der Waals surface area (Å²) in [5.41, 5.74) is 13.3. The summed E-state index contributed by atoms with van der Waals surface area (Å²) >= 11 is 7.46. The molecule has 0 saturated carbocycles. The fraction of sp³-hybridized carbons (Fsp3) is 0.400. The molecule has 1 atom stereocenters. The lowest BCUT2D eigenvalue weighted by molar-refractivity contribution is 0.169. The van der Waals surface area contributed by atoms with Crippen LogP contribution in [0.3, 0.4) is 0 Å². The molecule has 0 aromatic carbocycles. The Hall–Kier alpha value is -2.56. The molecule has 4 N–H and O–H groups in total. The number of fused-ring (bicyclic) bond motifs is 1. The molecule has 11 heteroatoms. The first kappa shape index (κ1) is 20.3. The molecule has 1 spiro atoms. The van der Waals surface area contributed by atoms with Gasteiger partial charge in [-0.2, -0.15) is 5.10 Å². The minimum Gasteiger partial charge on any atom is -0.382 e. The normalized spacial score (nSPS) is 19.7. The molecule has 5 rings (SSSR count). The van der Waals surface area contributed by atoms with Gasteiger partial charge in [-0.25, -0.2) is 9.97 Å². The Labute approximate surface area is 188 Å². The summed E-state index contributed by atoms with van der Waals surface area (Å²) < 4.78 is 3.62. The van der Waals surface area contributed by atoms with Crippen LogP contribution < -0.4 is 21.9 Å². The highest BCUT2D eigenvalue weighted by Gasteiger charge is 2.47. The first-order valence-corrected chi connectivity index (χ1v) is 11.3. The molecule has 3 aromatic rings. The Morgan fingerprint density at radius 2 is 1.97 bits per heavy atom. The predicted molar refractivity (Wildman–Crippen MR) is 120 cm³/mol. The van der Waals surface area contributed by atoms with Crippen LogP contribution in [0.4, 0.5) is 11.8 Å². The van der Waals surface area contributed by atoms with Crippen molar-refractivity contribution in [3.8, 4) is 0 Å². The SMILES string of the molecule is Cn1c(N2CCC3(CC2)Cn2nccc2[C@H]3N)ncc(Sc2ccnc(N)c2Cl)c1=O. The number of pyridine rings is 1. The molecule has 0 unspecified atom stereocenters. The van der Waals surface area contributed by atoms with Crippen molar-refractivity contribution in [1.29, 1.82) is 0 Å². The Balaban J connectivity index is 1.34. The number of piperidine rings is 1. The van der Waals surface area contributed by atoms with E-state index in [1.54, 1.807) is 30.1 Å². The standard InChI is InChI=1S/C20H23ClN8OS/c1-27-18(30)14(31-13-3-6-24-17(23)15(13)21)10-25-19(27)28-8-4-20(5-9-28)11-29-12(16(20)22)2-7-26-29/h2-3,6-7,10,16H,4-5,8-9,11,22H2,1H3,(H2,23,24)/t16-/m1/s1. The van der Waals surface area contributed by atoms with Crippen molar-refractivity contribution in [2.24, 2.45) is 18.2 Å². The van der Waals surface area contributed by atoms with Crippen molar-refractivity contribution in [2.45, 2.75) is 35.2 Å². The molecule has 162 valence electrons. The molecule has 31 heavy (non-hydrogen) atoms. The second kappa shape index (κ2) is 7.54. The maximum atomic E-state index is 13.0. The van der Waals surface area contributed by atoms with Gasteiger partial charge in [0.15, 0.2) is 0 Å². The zero-order valence-electron chi connectivity index (χ0n) is 17.0. The highest BCUT2D eigenvalue weighted by atomic mass is 35.5. The van der Waals surface area contributed by atoms with Gasteiger partial charge in [-0.1, -0.05) is 23.4 Å². The molecular formula is C20H23ClN8OS. The number of nitrogens with two attached hydrogens (primary N) is 2. The van der Waals surface area contributed by atoms with Crippen molar-refractivity contribution in [3.63, 3.8) is 0 Å². The van der Waals surface area contributed by atoms with Gasteiger partial charge in [0.05, 0.1) is 27.9 Å². The third-order valence-corrected chi connectivity index (χ3v) is 8.02. The van der Waals surface area contributed by atoms with Crippen LogP contribution >= 0.6 is 23.4 Å². The number of nitrogen functional groups attached to an aromatic ring is 1. The van der Waals surface area contributed by atoms with Gasteiger partial charge in [0.1, 0.15) is 5.82 Å². The summed E-state index contributed by atoms with van der Waals surface area (Å²) in [5.74, 6) is 0.899. The zero-order valence-corrected chi connectivity index (χ0v) is 18.6. The third kappa shape index (κ3) is 3.29. The molecule has 0 aliphatic carbocycles. The van der Waals surface area contributed by atoms with E-state index in [0.29, 0.717) is 20.8 Å². The lowest BCUT2D eigenvalue weighted by Crippen LogP contribution is -2.46. The summed E-state index contributed by atoms with van der Waals surface area (Å²) in [6.45, 7) is 2.43. The van der Waals surface area contributed by atoms with Crippen molar-refractivity contribution < 1.29 is 0 Å². The maximum Gasteiger partial charge on any atom is 0.268 e. The summed E-state index contributed by atoms with van der Waals surface area (Å²) in [4.78, 5) is 24.9. The van der Waals surface area contributed by atoms with Gasteiger partial charge < -0.3 is 16.4 Å². The predicted octanol–water partition coefficient (Wildman–Crippen LogP) is 2.06. The molecule has 2 aliphatic heterocycles. The largest absolute Gasteiger partial charge is 0.382 e. The van der Waals surface area contributed by atoms with Gasteiger partial charge in [0.2, 0.25) is 5.95 Å². The van der Waals surface area contributed by atoms with E-state index in [1.165, 1.54) is 11.8 Å². The summed E-state index contributed by atoms with van der Waals surface area (Å²) in [6, 6.07) is 3.73. The molecule has 5 heterocycles. The number of aromatic nitrogens is 5. The molecule has 9 nitrogen and oxygen atoms in total. The molecule has 2 aliphatic rings. The van der Waals surface area contributed by atoms with Crippen LogP contribution in [-0.4, -0.2) is 37.4 Å². The molecule has 3 aromatic heterocycles. The topological polar surface area (TPSA) is 121 Å². The van der Waals surface area contributed by atoms with Crippen LogP contribution in [0.15, 0.2) is 45.3 Å².